The van der Waals surface area contributed by atoms with E-state index in [-0.39, 0.29) is 6.61 Å². The van der Waals surface area contributed by atoms with Gasteiger partial charge < -0.3 is 24.8 Å². The average molecular weight is 474 g/mol. The van der Waals surface area contributed by atoms with E-state index in [2.05, 4.69) is 23.3 Å². The molecule has 1 aliphatic rings. The predicted molar refractivity (Wildman–Crippen MR) is 135 cm³/mol. The lowest BCUT2D eigenvalue weighted by Crippen LogP contribution is -2.37. The second-order valence-electron chi connectivity index (χ2n) is 8.63. The molecule has 3 aromatic rings. The SMILES string of the molecule is CNCC(O)COc1cccc(-c2nc(-c3cccc(C#N)c3)cc(N(C)C3CCOCC3)n2)c1. The van der Waals surface area contributed by atoms with Crippen molar-refractivity contribution in [1.82, 2.24) is 15.3 Å². The van der Waals surface area contributed by atoms with Gasteiger partial charge in [0, 0.05) is 50.0 Å². The normalized spacial score (nSPS) is 14.8. The minimum absolute atomic E-state index is 0.184. The molecule has 182 valence electrons. The fourth-order valence-corrected chi connectivity index (χ4v) is 4.11. The molecule has 0 saturated carbocycles. The third kappa shape index (κ3) is 6.34. The topological polar surface area (TPSA) is 104 Å². The molecule has 1 fully saturated rings. The number of aliphatic hydroxyl groups excluding tert-OH is 1. The van der Waals surface area contributed by atoms with Crippen LogP contribution in [0.3, 0.4) is 0 Å². The molecule has 1 unspecified atom stereocenters. The van der Waals surface area contributed by atoms with Gasteiger partial charge in [0.2, 0.25) is 0 Å². The molecule has 0 aliphatic carbocycles. The van der Waals surface area contributed by atoms with Crippen LogP contribution in [0.25, 0.3) is 22.6 Å². The first-order valence-electron chi connectivity index (χ1n) is 11.8. The number of anilines is 1. The quantitative estimate of drug-likeness (QED) is 0.488. The van der Waals surface area contributed by atoms with Crippen molar-refractivity contribution in [2.24, 2.45) is 0 Å². The Bertz CT molecular complexity index is 1170. The van der Waals surface area contributed by atoms with Gasteiger partial charge in [-0.3, -0.25) is 0 Å². The maximum Gasteiger partial charge on any atom is 0.162 e. The number of likely N-dealkylation sites (N-methyl/N-ethyl adjacent to an activating group) is 1. The van der Waals surface area contributed by atoms with Gasteiger partial charge in [0.05, 0.1) is 17.3 Å². The highest BCUT2D eigenvalue weighted by molar-refractivity contribution is 5.69. The third-order valence-corrected chi connectivity index (χ3v) is 6.07. The summed E-state index contributed by atoms with van der Waals surface area (Å²) in [5.41, 5.74) is 3.00. The predicted octanol–water partition coefficient (Wildman–Crippen LogP) is 3.26. The summed E-state index contributed by atoms with van der Waals surface area (Å²) in [6, 6.07) is 19.5. The summed E-state index contributed by atoms with van der Waals surface area (Å²) in [6.07, 6.45) is 1.27. The van der Waals surface area contributed by atoms with Gasteiger partial charge in [0.25, 0.3) is 0 Å². The van der Waals surface area contributed by atoms with E-state index in [0.717, 1.165) is 48.7 Å². The summed E-state index contributed by atoms with van der Waals surface area (Å²) >= 11 is 0. The number of aromatic nitrogens is 2. The number of rotatable bonds is 9. The fraction of sp³-hybridized carbons (Fsp3) is 0.370. The highest BCUT2D eigenvalue weighted by Gasteiger charge is 2.21. The molecule has 0 radical (unpaired) electrons. The van der Waals surface area contributed by atoms with Crippen molar-refractivity contribution >= 4 is 5.82 Å². The fourth-order valence-electron chi connectivity index (χ4n) is 4.11. The van der Waals surface area contributed by atoms with Gasteiger partial charge in [0.1, 0.15) is 24.3 Å². The zero-order valence-electron chi connectivity index (χ0n) is 20.1. The lowest BCUT2D eigenvalue weighted by atomic mass is 10.1. The van der Waals surface area contributed by atoms with Gasteiger partial charge in [-0.05, 0) is 44.2 Å². The van der Waals surface area contributed by atoms with Crippen molar-refractivity contribution in [3.63, 3.8) is 0 Å². The van der Waals surface area contributed by atoms with Gasteiger partial charge in [-0.2, -0.15) is 5.26 Å². The summed E-state index contributed by atoms with van der Waals surface area (Å²) in [7, 11) is 3.84. The van der Waals surface area contributed by atoms with Gasteiger partial charge in [-0.1, -0.05) is 24.3 Å². The highest BCUT2D eigenvalue weighted by Crippen LogP contribution is 2.29. The summed E-state index contributed by atoms with van der Waals surface area (Å²) < 4.78 is 11.3. The van der Waals surface area contributed by atoms with E-state index in [1.165, 1.54) is 0 Å². The molecule has 2 heterocycles. The lowest BCUT2D eigenvalue weighted by Gasteiger charge is -2.32. The Morgan fingerprint density at radius 3 is 2.69 bits per heavy atom. The Morgan fingerprint density at radius 2 is 1.91 bits per heavy atom. The van der Waals surface area contributed by atoms with Gasteiger partial charge in [-0.15, -0.1) is 0 Å². The third-order valence-electron chi connectivity index (χ3n) is 6.07. The monoisotopic (exact) mass is 473 g/mol. The van der Waals surface area contributed by atoms with E-state index in [9.17, 15) is 10.4 Å². The van der Waals surface area contributed by atoms with Crippen LogP contribution in [0.2, 0.25) is 0 Å². The smallest absolute Gasteiger partial charge is 0.162 e. The molecule has 1 atom stereocenters. The van der Waals surface area contributed by atoms with Crippen LogP contribution in [0, 0.1) is 11.3 Å². The first-order valence-corrected chi connectivity index (χ1v) is 11.8. The van der Waals surface area contributed by atoms with E-state index in [0.29, 0.717) is 29.7 Å². The van der Waals surface area contributed by atoms with Crippen LogP contribution in [0.4, 0.5) is 5.82 Å². The summed E-state index contributed by atoms with van der Waals surface area (Å²) in [6.45, 7) is 2.12. The van der Waals surface area contributed by atoms with E-state index in [4.69, 9.17) is 19.4 Å². The zero-order valence-corrected chi connectivity index (χ0v) is 20.1. The van der Waals surface area contributed by atoms with Crippen molar-refractivity contribution in [3.8, 4) is 34.5 Å². The molecule has 1 saturated heterocycles. The molecular formula is C27H31N5O3. The van der Waals surface area contributed by atoms with Gasteiger partial charge in [-0.25, -0.2) is 9.97 Å². The minimum Gasteiger partial charge on any atom is -0.491 e. The molecule has 2 aromatic carbocycles. The Balaban J connectivity index is 1.70. The molecule has 0 amide bonds. The Hall–Kier alpha value is -3.51. The Morgan fingerprint density at radius 1 is 1.14 bits per heavy atom. The number of hydrogen-bond acceptors (Lipinski definition) is 8. The van der Waals surface area contributed by atoms with Gasteiger partial charge in [0.15, 0.2) is 5.82 Å². The molecule has 8 heteroatoms. The number of ether oxygens (including phenoxy) is 2. The second-order valence-corrected chi connectivity index (χ2v) is 8.63. The average Bonchev–Trinajstić information content (AvgIpc) is 2.92. The molecule has 35 heavy (non-hydrogen) atoms. The van der Waals surface area contributed by atoms with Crippen molar-refractivity contribution in [2.45, 2.75) is 25.0 Å². The van der Waals surface area contributed by atoms with Crippen LogP contribution < -0.4 is 15.0 Å². The number of aliphatic hydroxyl groups is 1. The number of nitriles is 1. The number of benzene rings is 2. The number of hydrogen-bond donors (Lipinski definition) is 2. The molecule has 0 bridgehead atoms. The zero-order chi connectivity index (χ0) is 24.6. The maximum absolute atomic E-state index is 9.97. The van der Waals surface area contributed by atoms with Gasteiger partial charge >= 0.3 is 0 Å². The van der Waals surface area contributed by atoms with E-state index < -0.39 is 6.10 Å². The highest BCUT2D eigenvalue weighted by atomic mass is 16.5. The molecule has 1 aromatic heterocycles. The van der Waals surface area contributed by atoms with E-state index in [1.807, 2.05) is 48.5 Å². The minimum atomic E-state index is -0.602. The van der Waals surface area contributed by atoms with Crippen molar-refractivity contribution < 1.29 is 14.6 Å². The van der Waals surface area contributed by atoms with E-state index >= 15 is 0 Å². The Labute approximate surface area is 206 Å². The number of nitrogens with one attached hydrogen (secondary N) is 1. The summed E-state index contributed by atoms with van der Waals surface area (Å²) in [5, 5.41) is 22.3. The molecule has 1 aliphatic heterocycles. The largest absolute Gasteiger partial charge is 0.491 e. The first kappa shape index (κ1) is 24.6. The van der Waals surface area contributed by atoms with Crippen molar-refractivity contribution in [3.05, 3.63) is 60.2 Å². The summed E-state index contributed by atoms with van der Waals surface area (Å²) in [5.74, 6) is 2.02. The van der Waals surface area contributed by atoms with Crippen molar-refractivity contribution in [1.29, 1.82) is 5.26 Å². The van der Waals surface area contributed by atoms with Crippen LogP contribution in [-0.4, -0.2) is 67.7 Å². The van der Waals surface area contributed by atoms with Crippen LogP contribution in [0.15, 0.2) is 54.6 Å². The second kappa shape index (κ2) is 11.8. The molecule has 0 spiro atoms. The Kier molecular flexibility index (Phi) is 8.27. The van der Waals surface area contributed by atoms with Crippen LogP contribution >= 0.6 is 0 Å². The van der Waals surface area contributed by atoms with Crippen LogP contribution in [0.1, 0.15) is 18.4 Å². The standard InChI is InChI=1S/C27H31N5O3/c1-29-17-23(33)18-35-24-8-4-7-21(14-24)27-30-25(20-6-3-5-19(13-20)16-28)15-26(31-27)32(2)22-9-11-34-12-10-22/h3-8,13-15,22-23,29,33H,9-12,17-18H2,1-2H3. The molecular weight excluding hydrogens is 442 g/mol. The van der Waals surface area contributed by atoms with E-state index in [1.54, 1.807) is 13.1 Å². The maximum atomic E-state index is 9.97. The summed E-state index contributed by atoms with van der Waals surface area (Å²) in [4.78, 5) is 12.0. The molecule has 8 nitrogen and oxygen atoms in total. The van der Waals surface area contributed by atoms with Crippen LogP contribution in [-0.2, 0) is 4.74 Å². The van der Waals surface area contributed by atoms with Crippen molar-refractivity contribution in [2.75, 3.05) is 45.4 Å². The first-order chi connectivity index (χ1) is 17.1. The van der Waals surface area contributed by atoms with Crippen LogP contribution in [0.5, 0.6) is 5.75 Å². The molecule has 4 rings (SSSR count). The lowest BCUT2D eigenvalue weighted by molar-refractivity contribution is 0.0853. The number of nitrogens with zero attached hydrogens (tertiary/aromatic N) is 4. The molecule has 2 N–H and O–H groups in total.